The second kappa shape index (κ2) is 5.77. The van der Waals surface area contributed by atoms with Crippen molar-refractivity contribution in [2.45, 2.75) is 25.3 Å². The highest BCUT2D eigenvalue weighted by molar-refractivity contribution is 5.76. The van der Waals surface area contributed by atoms with Crippen LogP contribution in [0, 0.1) is 5.82 Å². The molecule has 0 spiro atoms. The van der Waals surface area contributed by atoms with Crippen LogP contribution in [0.2, 0.25) is 0 Å². The molecule has 1 aliphatic rings. The fraction of sp³-hybridized carbons (Fsp3) is 0.462. The van der Waals surface area contributed by atoms with Crippen molar-refractivity contribution >= 4 is 5.91 Å². The van der Waals surface area contributed by atoms with E-state index < -0.39 is 0 Å². The zero-order valence-electron chi connectivity index (χ0n) is 9.71. The molecular formula is C13H17FN2O. The van der Waals surface area contributed by atoms with E-state index in [1.807, 2.05) is 0 Å². The average molecular weight is 236 g/mol. The Morgan fingerprint density at radius 3 is 2.82 bits per heavy atom. The van der Waals surface area contributed by atoms with Crippen molar-refractivity contribution in [2.75, 3.05) is 13.1 Å². The van der Waals surface area contributed by atoms with Gasteiger partial charge in [0.1, 0.15) is 5.82 Å². The van der Waals surface area contributed by atoms with Gasteiger partial charge in [-0.25, -0.2) is 4.39 Å². The van der Waals surface area contributed by atoms with Crippen LogP contribution in [0.15, 0.2) is 24.3 Å². The van der Waals surface area contributed by atoms with Crippen molar-refractivity contribution in [2.24, 2.45) is 0 Å². The van der Waals surface area contributed by atoms with E-state index in [-0.39, 0.29) is 17.8 Å². The lowest BCUT2D eigenvalue weighted by molar-refractivity contribution is -0.121. The minimum atomic E-state index is -0.241. The number of nitrogens with one attached hydrogen (secondary N) is 2. The summed E-state index contributed by atoms with van der Waals surface area (Å²) in [6.45, 7) is 1.84. The maximum atomic E-state index is 12.7. The molecule has 17 heavy (non-hydrogen) atoms. The Morgan fingerprint density at radius 1 is 1.41 bits per heavy atom. The van der Waals surface area contributed by atoms with Crippen LogP contribution in [0.25, 0.3) is 0 Å². The van der Waals surface area contributed by atoms with Crippen LogP contribution in [0.5, 0.6) is 0 Å². The number of carbonyl (C=O) groups excluding carboxylic acids is 1. The van der Waals surface area contributed by atoms with Gasteiger partial charge in [-0.2, -0.15) is 0 Å². The first-order valence-electron chi connectivity index (χ1n) is 5.98. The van der Waals surface area contributed by atoms with E-state index >= 15 is 0 Å². The van der Waals surface area contributed by atoms with Gasteiger partial charge in [0, 0.05) is 19.0 Å². The van der Waals surface area contributed by atoms with E-state index in [2.05, 4.69) is 10.6 Å². The zero-order valence-corrected chi connectivity index (χ0v) is 9.71. The quantitative estimate of drug-likeness (QED) is 0.825. The fourth-order valence-electron chi connectivity index (χ4n) is 1.99. The summed E-state index contributed by atoms with van der Waals surface area (Å²) in [4.78, 5) is 11.6. The maximum absolute atomic E-state index is 12.7. The fourth-order valence-corrected chi connectivity index (χ4v) is 1.99. The number of hydrogen-bond donors (Lipinski definition) is 2. The summed E-state index contributed by atoms with van der Waals surface area (Å²) in [6, 6.07) is 6.57. The molecule has 1 atom stereocenters. The van der Waals surface area contributed by atoms with Crippen LogP contribution in [0.1, 0.15) is 18.4 Å². The summed E-state index contributed by atoms with van der Waals surface area (Å²) >= 11 is 0. The molecular weight excluding hydrogens is 219 g/mol. The molecule has 1 saturated heterocycles. The molecule has 1 fully saturated rings. The second-order valence-electron chi connectivity index (χ2n) is 4.38. The maximum Gasteiger partial charge on any atom is 0.220 e. The van der Waals surface area contributed by atoms with Crippen molar-refractivity contribution < 1.29 is 9.18 Å². The summed E-state index contributed by atoms with van der Waals surface area (Å²) in [5, 5.41) is 6.19. The Labute approximate surface area is 100 Å². The molecule has 1 amide bonds. The minimum absolute atomic E-state index is 0.0722. The Balaban J connectivity index is 1.73. The number of rotatable bonds is 4. The third-order valence-corrected chi connectivity index (χ3v) is 2.98. The number of hydrogen-bond acceptors (Lipinski definition) is 2. The first-order valence-corrected chi connectivity index (χ1v) is 5.98. The van der Waals surface area contributed by atoms with Gasteiger partial charge in [-0.05, 0) is 37.1 Å². The number of aryl methyl sites for hydroxylation is 1. The van der Waals surface area contributed by atoms with Gasteiger partial charge < -0.3 is 10.6 Å². The lowest BCUT2D eigenvalue weighted by Gasteiger charge is -2.11. The van der Waals surface area contributed by atoms with Gasteiger partial charge in [0.15, 0.2) is 0 Å². The topological polar surface area (TPSA) is 41.1 Å². The molecule has 2 rings (SSSR count). The lowest BCUT2D eigenvalue weighted by Crippen LogP contribution is -2.36. The Bertz CT molecular complexity index is 372. The summed E-state index contributed by atoms with van der Waals surface area (Å²) < 4.78 is 12.7. The molecule has 92 valence electrons. The van der Waals surface area contributed by atoms with Crippen LogP contribution >= 0.6 is 0 Å². The molecule has 1 aromatic rings. The van der Waals surface area contributed by atoms with E-state index in [0.717, 1.165) is 25.1 Å². The molecule has 1 unspecified atom stereocenters. The van der Waals surface area contributed by atoms with Gasteiger partial charge in [0.25, 0.3) is 0 Å². The van der Waals surface area contributed by atoms with Crippen LogP contribution in [-0.4, -0.2) is 25.0 Å². The largest absolute Gasteiger partial charge is 0.352 e. The molecule has 1 aromatic carbocycles. The molecule has 3 nitrogen and oxygen atoms in total. The van der Waals surface area contributed by atoms with E-state index in [9.17, 15) is 9.18 Å². The third-order valence-electron chi connectivity index (χ3n) is 2.98. The second-order valence-corrected chi connectivity index (χ2v) is 4.38. The average Bonchev–Trinajstić information content (AvgIpc) is 2.81. The number of halogens is 1. The molecule has 4 heteroatoms. The first kappa shape index (κ1) is 12.0. The molecule has 1 aliphatic heterocycles. The van der Waals surface area contributed by atoms with Gasteiger partial charge in [0.05, 0.1) is 0 Å². The van der Waals surface area contributed by atoms with Crippen molar-refractivity contribution in [3.8, 4) is 0 Å². The Hall–Kier alpha value is -1.42. The third kappa shape index (κ3) is 3.82. The summed E-state index contributed by atoms with van der Waals surface area (Å²) in [5.41, 5.74) is 0.992. The van der Waals surface area contributed by atoms with E-state index in [1.54, 1.807) is 12.1 Å². The van der Waals surface area contributed by atoms with Gasteiger partial charge in [-0.1, -0.05) is 12.1 Å². The molecule has 1 heterocycles. The standard InChI is InChI=1S/C13H17FN2O/c14-11-4-1-10(2-5-11)3-6-13(17)16-12-7-8-15-9-12/h1-2,4-5,12,15H,3,6-9H2,(H,16,17). The SMILES string of the molecule is O=C(CCc1ccc(F)cc1)NC1CCNC1. The summed E-state index contributed by atoms with van der Waals surface area (Å²) in [7, 11) is 0. The zero-order chi connectivity index (χ0) is 12.1. The predicted molar refractivity (Wildman–Crippen MR) is 64.1 cm³/mol. The highest BCUT2D eigenvalue weighted by Crippen LogP contribution is 2.06. The van der Waals surface area contributed by atoms with Crippen LogP contribution < -0.4 is 10.6 Å². The number of carbonyl (C=O) groups is 1. The van der Waals surface area contributed by atoms with Crippen molar-refractivity contribution in [1.82, 2.24) is 10.6 Å². The highest BCUT2D eigenvalue weighted by atomic mass is 19.1. The lowest BCUT2D eigenvalue weighted by atomic mass is 10.1. The van der Waals surface area contributed by atoms with Crippen molar-refractivity contribution in [1.29, 1.82) is 0 Å². The molecule has 0 saturated carbocycles. The smallest absolute Gasteiger partial charge is 0.220 e. The molecule has 0 radical (unpaired) electrons. The van der Waals surface area contributed by atoms with E-state index in [4.69, 9.17) is 0 Å². The Kier molecular flexibility index (Phi) is 4.09. The first-order chi connectivity index (χ1) is 8.24. The predicted octanol–water partition coefficient (Wildman–Crippen LogP) is 1.24. The van der Waals surface area contributed by atoms with Gasteiger partial charge >= 0.3 is 0 Å². The monoisotopic (exact) mass is 236 g/mol. The molecule has 0 aromatic heterocycles. The van der Waals surface area contributed by atoms with Gasteiger partial charge in [0.2, 0.25) is 5.91 Å². The van der Waals surface area contributed by atoms with Crippen molar-refractivity contribution in [3.05, 3.63) is 35.6 Å². The van der Waals surface area contributed by atoms with E-state index in [0.29, 0.717) is 12.8 Å². The number of benzene rings is 1. The highest BCUT2D eigenvalue weighted by Gasteiger charge is 2.16. The minimum Gasteiger partial charge on any atom is -0.352 e. The molecule has 0 aliphatic carbocycles. The van der Waals surface area contributed by atoms with Crippen LogP contribution in [-0.2, 0) is 11.2 Å². The number of amides is 1. The van der Waals surface area contributed by atoms with Gasteiger partial charge in [-0.3, -0.25) is 4.79 Å². The van der Waals surface area contributed by atoms with Crippen LogP contribution in [0.4, 0.5) is 4.39 Å². The molecule has 0 bridgehead atoms. The van der Waals surface area contributed by atoms with Gasteiger partial charge in [-0.15, -0.1) is 0 Å². The van der Waals surface area contributed by atoms with Crippen LogP contribution in [0.3, 0.4) is 0 Å². The normalized spacial score (nSPS) is 19.2. The van der Waals surface area contributed by atoms with E-state index in [1.165, 1.54) is 12.1 Å². The summed E-state index contributed by atoms with van der Waals surface area (Å²) in [5.74, 6) is -0.168. The molecule has 2 N–H and O–H groups in total. The summed E-state index contributed by atoms with van der Waals surface area (Å²) in [6.07, 6.45) is 2.12. The van der Waals surface area contributed by atoms with Crippen molar-refractivity contribution in [3.63, 3.8) is 0 Å². The Morgan fingerprint density at radius 2 is 2.18 bits per heavy atom.